The number of rotatable bonds is 4. The number of halogens is 1. The molecule has 19 heavy (non-hydrogen) atoms. The Labute approximate surface area is 111 Å². The Hall–Kier alpha value is -2.42. The van der Waals surface area contributed by atoms with Crippen LogP contribution >= 0.6 is 0 Å². The molecule has 0 aliphatic carbocycles. The van der Waals surface area contributed by atoms with Crippen molar-refractivity contribution in [1.29, 1.82) is 0 Å². The van der Waals surface area contributed by atoms with Gasteiger partial charge in [-0.2, -0.15) is 0 Å². The van der Waals surface area contributed by atoms with E-state index in [9.17, 15) is 9.18 Å². The molecule has 0 spiro atoms. The van der Waals surface area contributed by atoms with Gasteiger partial charge in [0.2, 0.25) is 0 Å². The molecular weight excluding hydrogens is 243 g/mol. The summed E-state index contributed by atoms with van der Waals surface area (Å²) in [4.78, 5) is 10.7. The Morgan fingerprint density at radius 2 is 1.58 bits per heavy atom. The molecule has 0 heterocycles. The highest BCUT2D eigenvalue weighted by Crippen LogP contribution is 2.15. The fourth-order valence-electron chi connectivity index (χ4n) is 1.71. The molecule has 0 aliphatic heterocycles. The van der Waals surface area contributed by atoms with Gasteiger partial charge in [-0.3, -0.25) is 4.79 Å². The standard InChI is InChI=1S/C16H13FO2/c1-19-16-6-4-12(5-7-16)2-3-13-8-14(11-18)10-15(17)9-13/h2-11H,1H3. The lowest BCUT2D eigenvalue weighted by Gasteiger charge is -2.00. The Bertz CT molecular complexity index is 601. The molecule has 0 atom stereocenters. The molecule has 0 radical (unpaired) electrons. The van der Waals surface area contributed by atoms with Crippen molar-refractivity contribution in [2.24, 2.45) is 0 Å². The number of carbonyl (C=O) groups is 1. The molecular formula is C16H13FO2. The number of aldehydes is 1. The number of benzene rings is 2. The van der Waals surface area contributed by atoms with Crippen molar-refractivity contribution in [2.45, 2.75) is 0 Å². The Balaban J connectivity index is 2.21. The second kappa shape index (κ2) is 5.96. The number of carbonyl (C=O) groups excluding carboxylic acids is 1. The second-order valence-electron chi connectivity index (χ2n) is 4.04. The lowest BCUT2D eigenvalue weighted by atomic mass is 10.1. The Kier molecular flexibility index (Phi) is 4.08. The first-order valence-corrected chi connectivity index (χ1v) is 5.79. The molecule has 2 rings (SSSR count). The molecule has 2 aromatic rings. The summed E-state index contributed by atoms with van der Waals surface area (Å²) in [6, 6.07) is 11.7. The fraction of sp³-hybridized carbons (Fsp3) is 0.0625. The second-order valence-corrected chi connectivity index (χ2v) is 4.04. The van der Waals surface area contributed by atoms with Gasteiger partial charge in [0.05, 0.1) is 7.11 Å². The minimum atomic E-state index is -0.418. The van der Waals surface area contributed by atoms with Gasteiger partial charge in [-0.15, -0.1) is 0 Å². The summed E-state index contributed by atoms with van der Waals surface area (Å²) in [6.07, 6.45) is 4.24. The lowest BCUT2D eigenvalue weighted by Crippen LogP contribution is -1.85. The van der Waals surface area contributed by atoms with E-state index in [-0.39, 0.29) is 0 Å². The summed E-state index contributed by atoms with van der Waals surface area (Å²) < 4.78 is 18.3. The Morgan fingerprint density at radius 1 is 0.947 bits per heavy atom. The van der Waals surface area contributed by atoms with Gasteiger partial charge in [-0.25, -0.2) is 4.39 Å². The van der Waals surface area contributed by atoms with Gasteiger partial charge in [-0.05, 0) is 41.5 Å². The van der Waals surface area contributed by atoms with Crippen LogP contribution in [-0.4, -0.2) is 13.4 Å². The zero-order chi connectivity index (χ0) is 13.7. The van der Waals surface area contributed by atoms with Crippen LogP contribution in [0, 0.1) is 5.82 Å². The molecule has 0 unspecified atom stereocenters. The van der Waals surface area contributed by atoms with Gasteiger partial charge in [-0.1, -0.05) is 24.3 Å². The molecule has 0 amide bonds. The first-order valence-electron chi connectivity index (χ1n) is 5.79. The predicted octanol–water partition coefficient (Wildman–Crippen LogP) is 3.82. The zero-order valence-electron chi connectivity index (χ0n) is 10.5. The maximum Gasteiger partial charge on any atom is 0.150 e. The molecule has 0 N–H and O–H groups in total. The molecule has 0 bridgehead atoms. The maximum absolute atomic E-state index is 13.2. The summed E-state index contributed by atoms with van der Waals surface area (Å²) in [5.74, 6) is 0.366. The third kappa shape index (κ3) is 3.52. The van der Waals surface area contributed by atoms with E-state index in [0.29, 0.717) is 17.4 Å². The van der Waals surface area contributed by atoms with Gasteiger partial charge < -0.3 is 4.74 Å². The van der Waals surface area contributed by atoms with Crippen LogP contribution in [0.25, 0.3) is 12.2 Å². The summed E-state index contributed by atoms with van der Waals surface area (Å²) in [5, 5.41) is 0. The number of methoxy groups -OCH3 is 1. The predicted molar refractivity (Wildman–Crippen MR) is 73.7 cm³/mol. The largest absolute Gasteiger partial charge is 0.497 e. The average molecular weight is 256 g/mol. The summed E-state index contributed by atoms with van der Waals surface area (Å²) in [5.41, 5.74) is 1.95. The summed E-state index contributed by atoms with van der Waals surface area (Å²) >= 11 is 0. The van der Waals surface area contributed by atoms with Crippen molar-refractivity contribution >= 4 is 18.4 Å². The third-order valence-corrected chi connectivity index (χ3v) is 2.66. The smallest absolute Gasteiger partial charge is 0.150 e. The van der Waals surface area contributed by atoms with Crippen LogP contribution in [0.5, 0.6) is 5.75 Å². The lowest BCUT2D eigenvalue weighted by molar-refractivity contribution is 0.112. The first-order chi connectivity index (χ1) is 9.21. The molecule has 0 saturated carbocycles. The highest BCUT2D eigenvalue weighted by Gasteiger charge is 1.97. The van der Waals surface area contributed by atoms with Crippen LogP contribution in [0.4, 0.5) is 4.39 Å². The average Bonchev–Trinajstić information content (AvgIpc) is 2.45. The van der Waals surface area contributed by atoms with Gasteiger partial charge in [0.25, 0.3) is 0 Å². The van der Waals surface area contributed by atoms with Crippen LogP contribution < -0.4 is 4.74 Å². The van der Waals surface area contributed by atoms with E-state index in [0.717, 1.165) is 11.3 Å². The Morgan fingerprint density at radius 3 is 2.21 bits per heavy atom. The first kappa shape index (κ1) is 13.0. The molecule has 0 fully saturated rings. The normalized spacial score (nSPS) is 10.6. The van der Waals surface area contributed by atoms with Crippen molar-refractivity contribution < 1.29 is 13.9 Å². The maximum atomic E-state index is 13.2. The van der Waals surface area contributed by atoms with Crippen molar-refractivity contribution in [2.75, 3.05) is 7.11 Å². The van der Waals surface area contributed by atoms with Crippen LogP contribution in [0.2, 0.25) is 0 Å². The van der Waals surface area contributed by atoms with E-state index < -0.39 is 5.82 Å². The van der Waals surface area contributed by atoms with E-state index in [2.05, 4.69) is 0 Å². The molecule has 2 aromatic carbocycles. The van der Waals surface area contributed by atoms with Crippen LogP contribution in [0.3, 0.4) is 0 Å². The molecule has 2 nitrogen and oxygen atoms in total. The van der Waals surface area contributed by atoms with Crippen molar-refractivity contribution in [1.82, 2.24) is 0 Å². The minimum Gasteiger partial charge on any atom is -0.497 e. The van der Waals surface area contributed by atoms with Crippen molar-refractivity contribution in [3.8, 4) is 5.75 Å². The van der Waals surface area contributed by atoms with Gasteiger partial charge in [0.1, 0.15) is 17.9 Å². The minimum absolute atomic E-state index is 0.328. The van der Waals surface area contributed by atoms with Gasteiger partial charge >= 0.3 is 0 Å². The van der Waals surface area contributed by atoms with Crippen molar-refractivity contribution in [3.63, 3.8) is 0 Å². The number of hydrogen-bond acceptors (Lipinski definition) is 2. The van der Waals surface area contributed by atoms with E-state index in [4.69, 9.17) is 4.74 Å². The third-order valence-electron chi connectivity index (χ3n) is 2.66. The highest BCUT2D eigenvalue weighted by molar-refractivity contribution is 5.78. The molecule has 96 valence electrons. The fourth-order valence-corrected chi connectivity index (χ4v) is 1.71. The topological polar surface area (TPSA) is 26.3 Å². The quantitative estimate of drug-likeness (QED) is 0.614. The number of ether oxygens (including phenoxy) is 1. The van der Waals surface area contributed by atoms with Crippen LogP contribution in [0.1, 0.15) is 21.5 Å². The van der Waals surface area contributed by atoms with Crippen LogP contribution in [-0.2, 0) is 0 Å². The summed E-state index contributed by atoms with van der Waals surface area (Å²) in [7, 11) is 1.61. The monoisotopic (exact) mass is 256 g/mol. The highest BCUT2D eigenvalue weighted by atomic mass is 19.1. The molecule has 0 aromatic heterocycles. The summed E-state index contributed by atoms with van der Waals surface area (Å²) in [6.45, 7) is 0. The molecule has 0 saturated heterocycles. The van der Waals surface area contributed by atoms with Gasteiger partial charge in [0.15, 0.2) is 0 Å². The zero-order valence-corrected chi connectivity index (χ0v) is 10.5. The molecule has 3 heteroatoms. The van der Waals surface area contributed by atoms with Crippen LogP contribution in [0.15, 0.2) is 42.5 Å². The number of hydrogen-bond donors (Lipinski definition) is 0. The van der Waals surface area contributed by atoms with Gasteiger partial charge in [0, 0.05) is 5.56 Å². The van der Waals surface area contributed by atoms with E-state index in [1.165, 1.54) is 12.1 Å². The van der Waals surface area contributed by atoms with E-state index in [1.54, 1.807) is 19.3 Å². The van der Waals surface area contributed by atoms with E-state index in [1.807, 2.05) is 30.3 Å². The molecule has 0 aliphatic rings. The van der Waals surface area contributed by atoms with Crippen molar-refractivity contribution in [3.05, 3.63) is 65.0 Å². The van der Waals surface area contributed by atoms with E-state index >= 15 is 0 Å². The SMILES string of the molecule is COc1ccc(C=Cc2cc(F)cc(C=O)c2)cc1.